The van der Waals surface area contributed by atoms with Crippen molar-refractivity contribution in [2.75, 3.05) is 13.1 Å². The minimum absolute atomic E-state index is 0. The predicted molar refractivity (Wildman–Crippen MR) is 95.3 cm³/mol. The lowest BCUT2D eigenvalue weighted by molar-refractivity contribution is -0.129. The summed E-state index contributed by atoms with van der Waals surface area (Å²) in [5, 5.41) is 4.36. The summed E-state index contributed by atoms with van der Waals surface area (Å²) >= 11 is 0. The van der Waals surface area contributed by atoms with Gasteiger partial charge in [0.1, 0.15) is 0 Å². The van der Waals surface area contributed by atoms with Gasteiger partial charge in [0.2, 0.25) is 5.91 Å². The first-order valence-electron chi connectivity index (χ1n) is 8.33. The largest absolute Gasteiger partial charge is 0.342 e. The molecular formula is C18H23ClN4O. The first kappa shape index (κ1) is 17.0. The number of nitrogens with two attached hydrogens (primary N) is 1. The quantitative estimate of drug-likeness (QED) is 0.924. The molecule has 128 valence electrons. The topological polar surface area (TPSA) is 64.2 Å². The number of para-hydroxylation sites is 1. The fourth-order valence-electron chi connectivity index (χ4n) is 3.97. The standard InChI is InChI=1S/C18H22N4O.ClH/c19-17-7-6-14-11-21(12-16(14)17)18(23)8-13-9-20-22(10-13)15-4-2-1-3-5-15;/h1-5,9-10,14,16-17H,6-8,11-12,19H2;1H. The highest BCUT2D eigenvalue weighted by atomic mass is 35.5. The number of benzene rings is 1. The predicted octanol–water partition coefficient (Wildman–Crippen LogP) is 2.03. The van der Waals surface area contributed by atoms with Crippen molar-refractivity contribution in [3.8, 4) is 5.69 Å². The molecular weight excluding hydrogens is 324 g/mol. The molecule has 1 aromatic heterocycles. The number of likely N-dealkylation sites (tertiary alicyclic amines) is 1. The number of carbonyl (C=O) groups is 1. The highest BCUT2D eigenvalue weighted by Crippen LogP contribution is 2.37. The third-order valence-electron chi connectivity index (χ3n) is 5.28. The van der Waals surface area contributed by atoms with Crippen molar-refractivity contribution >= 4 is 18.3 Å². The smallest absolute Gasteiger partial charge is 0.227 e. The molecule has 2 heterocycles. The zero-order valence-corrected chi connectivity index (χ0v) is 14.4. The molecule has 1 aliphatic carbocycles. The summed E-state index contributed by atoms with van der Waals surface area (Å²) in [4.78, 5) is 14.5. The minimum Gasteiger partial charge on any atom is -0.342 e. The van der Waals surface area contributed by atoms with Gasteiger partial charge in [-0.1, -0.05) is 18.2 Å². The van der Waals surface area contributed by atoms with E-state index >= 15 is 0 Å². The Kier molecular flexibility index (Phi) is 4.92. The Bertz CT molecular complexity index is 702. The van der Waals surface area contributed by atoms with Gasteiger partial charge in [-0.15, -0.1) is 12.4 Å². The van der Waals surface area contributed by atoms with Crippen molar-refractivity contribution in [2.24, 2.45) is 17.6 Å². The lowest BCUT2D eigenvalue weighted by Crippen LogP contribution is -2.34. The van der Waals surface area contributed by atoms with E-state index in [9.17, 15) is 4.79 Å². The number of hydrogen-bond donors (Lipinski definition) is 1. The fraction of sp³-hybridized carbons (Fsp3) is 0.444. The highest BCUT2D eigenvalue weighted by molar-refractivity contribution is 5.85. The average molecular weight is 347 g/mol. The zero-order chi connectivity index (χ0) is 15.8. The molecule has 3 atom stereocenters. The van der Waals surface area contributed by atoms with E-state index in [-0.39, 0.29) is 24.4 Å². The molecule has 1 amide bonds. The first-order valence-corrected chi connectivity index (χ1v) is 8.33. The Hall–Kier alpha value is -1.85. The average Bonchev–Trinajstić information content (AvgIpc) is 3.26. The van der Waals surface area contributed by atoms with Crippen molar-refractivity contribution in [3.63, 3.8) is 0 Å². The Morgan fingerprint density at radius 2 is 2.00 bits per heavy atom. The summed E-state index contributed by atoms with van der Waals surface area (Å²) in [6.45, 7) is 1.71. The molecule has 0 spiro atoms. The van der Waals surface area contributed by atoms with Crippen LogP contribution in [0, 0.1) is 11.8 Å². The number of rotatable bonds is 3. The van der Waals surface area contributed by atoms with Gasteiger partial charge in [-0.2, -0.15) is 5.10 Å². The van der Waals surface area contributed by atoms with Crippen LogP contribution in [0.3, 0.4) is 0 Å². The monoisotopic (exact) mass is 346 g/mol. The summed E-state index contributed by atoms with van der Waals surface area (Å²) in [5.74, 6) is 1.31. The Balaban J connectivity index is 0.00000169. The van der Waals surface area contributed by atoms with E-state index in [0.29, 0.717) is 18.3 Å². The van der Waals surface area contributed by atoms with Gasteiger partial charge in [-0.05, 0) is 42.4 Å². The molecule has 4 rings (SSSR count). The Morgan fingerprint density at radius 3 is 2.75 bits per heavy atom. The molecule has 1 aromatic carbocycles. The van der Waals surface area contributed by atoms with Crippen LogP contribution in [0.2, 0.25) is 0 Å². The van der Waals surface area contributed by atoms with Crippen LogP contribution in [0.5, 0.6) is 0 Å². The van der Waals surface area contributed by atoms with Crippen LogP contribution < -0.4 is 5.73 Å². The number of aromatic nitrogens is 2. The second-order valence-electron chi connectivity index (χ2n) is 6.77. The summed E-state index contributed by atoms with van der Waals surface area (Å²) in [6.07, 6.45) is 6.42. The van der Waals surface area contributed by atoms with Crippen LogP contribution in [0.15, 0.2) is 42.7 Å². The molecule has 2 aromatic rings. The van der Waals surface area contributed by atoms with E-state index in [1.165, 1.54) is 6.42 Å². The molecule has 2 aliphatic rings. The Labute approximate surface area is 148 Å². The van der Waals surface area contributed by atoms with Gasteiger partial charge >= 0.3 is 0 Å². The van der Waals surface area contributed by atoms with Gasteiger partial charge in [0, 0.05) is 25.3 Å². The van der Waals surface area contributed by atoms with Crippen molar-refractivity contribution in [1.29, 1.82) is 0 Å². The summed E-state index contributed by atoms with van der Waals surface area (Å²) in [5.41, 5.74) is 8.12. The van der Waals surface area contributed by atoms with E-state index in [0.717, 1.165) is 30.8 Å². The summed E-state index contributed by atoms with van der Waals surface area (Å²) in [7, 11) is 0. The molecule has 1 saturated heterocycles. The first-order chi connectivity index (χ1) is 11.2. The number of nitrogens with zero attached hydrogens (tertiary/aromatic N) is 3. The second-order valence-corrected chi connectivity index (χ2v) is 6.77. The molecule has 3 unspecified atom stereocenters. The number of carbonyl (C=O) groups excluding carboxylic acids is 1. The second kappa shape index (κ2) is 6.95. The lowest BCUT2D eigenvalue weighted by Gasteiger charge is -2.18. The summed E-state index contributed by atoms with van der Waals surface area (Å²) < 4.78 is 1.82. The van der Waals surface area contributed by atoms with Crippen molar-refractivity contribution in [1.82, 2.24) is 14.7 Å². The highest BCUT2D eigenvalue weighted by Gasteiger charge is 2.42. The number of amides is 1. The van der Waals surface area contributed by atoms with E-state index < -0.39 is 0 Å². The molecule has 6 heteroatoms. The molecule has 5 nitrogen and oxygen atoms in total. The molecule has 1 saturated carbocycles. The van der Waals surface area contributed by atoms with E-state index in [2.05, 4.69) is 5.10 Å². The van der Waals surface area contributed by atoms with Crippen molar-refractivity contribution in [2.45, 2.75) is 25.3 Å². The van der Waals surface area contributed by atoms with Crippen LogP contribution in [-0.2, 0) is 11.2 Å². The number of halogens is 1. The fourth-order valence-corrected chi connectivity index (χ4v) is 3.97. The molecule has 2 N–H and O–H groups in total. The maximum Gasteiger partial charge on any atom is 0.227 e. The van der Waals surface area contributed by atoms with Crippen LogP contribution in [-0.4, -0.2) is 39.7 Å². The van der Waals surface area contributed by atoms with E-state index in [1.807, 2.05) is 46.1 Å². The SMILES string of the molecule is Cl.NC1CCC2CN(C(=O)Cc3cnn(-c4ccccc4)c3)CC12. The molecule has 0 bridgehead atoms. The van der Waals surface area contributed by atoms with E-state index in [4.69, 9.17) is 5.73 Å². The third-order valence-corrected chi connectivity index (χ3v) is 5.28. The summed E-state index contributed by atoms with van der Waals surface area (Å²) in [6, 6.07) is 10.2. The van der Waals surface area contributed by atoms with Gasteiger partial charge in [-0.25, -0.2) is 4.68 Å². The van der Waals surface area contributed by atoms with Crippen molar-refractivity contribution < 1.29 is 4.79 Å². The van der Waals surface area contributed by atoms with Gasteiger partial charge in [0.15, 0.2) is 0 Å². The molecule has 1 aliphatic heterocycles. The van der Waals surface area contributed by atoms with Gasteiger partial charge < -0.3 is 10.6 Å². The zero-order valence-electron chi connectivity index (χ0n) is 13.5. The maximum atomic E-state index is 12.5. The third kappa shape index (κ3) is 3.19. The van der Waals surface area contributed by atoms with Crippen LogP contribution in [0.1, 0.15) is 18.4 Å². The van der Waals surface area contributed by atoms with E-state index in [1.54, 1.807) is 6.20 Å². The molecule has 24 heavy (non-hydrogen) atoms. The number of hydrogen-bond acceptors (Lipinski definition) is 3. The van der Waals surface area contributed by atoms with Crippen LogP contribution >= 0.6 is 12.4 Å². The molecule has 2 fully saturated rings. The van der Waals surface area contributed by atoms with Gasteiger partial charge in [0.25, 0.3) is 0 Å². The lowest BCUT2D eigenvalue weighted by atomic mass is 9.98. The Morgan fingerprint density at radius 1 is 1.21 bits per heavy atom. The van der Waals surface area contributed by atoms with Gasteiger partial charge in [0.05, 0.1) is 18.3 Å². The number of fused-ring (bicyclic) bond motifs is 1. The molecule has 0 radical (unpaired) electrons. The maximum absolute atomic E-state index is 12.5. The van der Waals surface area contributed by atoms with Gasteiger partial charge in [-0.3, -0.25) is 4.79 Å². The minimum atomic E-state index is 0. The van der Waals surface area contributed by atoms with Crippen LogP contribution in [0.25, 0.3) is 5.69 Å². The van der Waals surface area contributed by atoms with Crippen molar-refractivity contribution in [3.05, 3.63) is 48.3 Å². The van der Waals surface area contributed by atoms with Crippen LogP contribution in [0.4, 0.5) is 0 Å². The normalized spacial score (nSPS) is 25.4.